The predicted octanol–water partition coefficient (Wildman–Crippen LogP) is 1.96. The zero-order valence-corrected chi connectivity index (χ0v) is 15.2. The minimum atomic E-state index is -3.71. The van der Waals surface area contributed by atoms with Crippen LogP contribution < -0.4 is 4.74 Å². The van der Waals surface area contributed by atoms with E-state index in [-0.39, 0.29) is 30.5 Å². The largest absolute Gasteiger partial charge is 0.495 e. The number of methoxy groups -OCH3 is 1. The van der Waals surface area contributed by atoms with Crippen molar-refractivity contribution in [3.63, 3.8) is 0 Å². The van der Waals surface area contributed by atoms with Crippen LogP contribution in [-0.4, -0.2) is 49.7 Å². The molecule has 0 N–H and O–H groups in total. The van der Waals surface area contributed by atoms with E-state index >= 15 is 0 Å². The first-order chi connectivity index (χ1) is 11.9. The number of aromatic nitrogens is 2. The lowest BCUT2D eigenvalue weighted by Gasteiger charge is -2.30. The Bertz CT molecular complexity index is 834. The van der Waals surface area contributed by atoms with Gasteiger partial charge in [-0.2, -0.15) is 9.29 Å². The molecule has 9 heteroatoms. The van der Waals surface area contributed by atoms with Crippen molar-refractivity contribution in [2.75, 3.05) is 26.8 Å². The number of hydrogen-bond donors (Lipinski definition) is 0. The molecule has 2 aromatic rings. The summed E-state index contributed by atoms with van der Waals surface area (Å²) in [5.74, 6) is 1.28. The zero-order chi connectivity index (χ0) is 18.0. The van der Waals surface area contributed by atoms with Crippen molar-refractivity contribution in [2.45, 2.75) is 30.8 Å². The third-order valence-corrected chi connectivity index (χ3v) is 5.86. The molecule has 0 aliphatic carbocycles. The summed E-state index contributed by atoms with van der Waals surface area (Å²) in [5.41, 5.74) is 0. The van der Waals surface area contributed by atoms with Crippen molar-refractivity contribution >= 4 is 10.0 Å². The van der Waals surface area contributed by atoms with Crippen LogP contribution in [0.15, 0.2) is 33.7 Å². The summed E-state index contributed by atoms with van der Waals surface area (Å²) in [6, 6.07) is 6.55. The van der Waals surface area contributed by atoms with Gasteiger partial charge in [0.2, 0.25) is 21.7 Å². The molecule has 2 heterocycles. The molecule has 8 nitrogen and oxygen atoms in total. The van der Waals surface area contributed by atoms with Gasteiger partial charge in [0.05, 0.1) is 13.7 Å². The van der Waals surface area contributed by atoms with Crippen LogP contribution in [0.25, 0.3) is 0 Å². The fraction of sp³-hybridized carbons (Fsp3) is 0.500. The van der Waals surface area contributed by atoms with Crippen LogP contribution in [0.2, 0.25) is 0 Å². The first-order valence-electron chi connectivity index (χ1n) is 8.01. The molecule has 1 fully saturated rings. The minimum absolute atomic E-state index is 0.0956. The van der Waals surface area contributed by atoms with E-state index in [1.165, 1.54) is 17.5 Å². The third kappa shape index (κ3) is 3.53. The number of morpholine rings is 1. The van der Waals surface area contributed by atoms with Crippen LogP contribution in [0.4, 0.5) is 0 Å². The second-order valence-electron chi connectivity index (χ2n) is 6.02. The van der Waals surface area contributed by atoms with E-state index in [0.717, 1.165) is 0 Å². The third-order valence-electron chi connectivity index (χ3n) is 3.96. The van der Waals surface area contributed by atoms with Crippen molar-refractivity contribution in [2.24, 2.45) is 0 Å². The van der Waals surface area contributed by atoms with Crippen LogP contribution in [-0.2, 0) is 14.8 Å². The Morgan fingerprint density at radius 1 is 1.32 bits per heavy atom. The van der Waals surface area contributed by atoms with Gasteiger partial charge in [-0.05, 0) is 12.1 Å². The average Bonchev–Trinajstić information content (AvgIpc) is 3.12. The van der Waals surface area contributed by atoms with E-state index in [0.29, 0.717) is 17.5 Å². The van der Waals surface area contributed by atoms with E-state index in [1.54, 1.807) is 18.2 Å². The number of rotatable bonds is 5. The summed E-state index contributed by atoms with van der Waals surface area (Å²) >= 11 is 0. The fourth-order valence-electron chi connectivity index (χ4n) is 2.58. The second kappa shape index (κ2) is 7.11. The summed E-state index contributed by atoms with van der Waals surface area (Å²) in [5, 5.41) is 3.93. The zero-order valence-electron chi connectivity index (χ0n) is 14.4. The Morgan fingerprint density at radius 3 is 2.76 bits per heavy atom. The highest BCUT2D eigenvalue weighted by Crippen LogP contribution is 2.30. The van der Waals surface area contributed by atoms with Gasteiger partial charge < -0.3 is 14.0 Å². The maximum absolute atomic E-state index is 13.0. The lowest BCUT2D eigenvalue weighted by molar-refractivity contribution is -0.00862. The van der Waals surface area contributed by atoms with Crippen LogP contribution in [0, 0.1) is 0 Å². The number of nitrogens with zero attached hydrogens (tertiary/aromatic N) is 3. The van der Waals surface area contributed by atoms with Gasteiger partial charge in [-0.15, -0.1) is 0 Å². The van der Waals surface area contributed by atoms with E-state index < -0.39 is 16.1 Å². The highest BCUT2D eigenvalue weighted by Gasteiger charge is 2.35. The molecule has 1 aromatic heterocycles. The lowest BCUT2D eigenvalue weighted by atomic mass is 10.2. The van der Waals surface area contributed by atoms with Crippen molar-refractivity contribution in [3.05, 3.63) is 36.0 Å². The standard InChI is InChI=1S/C16H21N3O5S/c1-11(2)16-17-15(18-24-16)13-10-19(8-9-23-13)25(20,21)14-7-5-4-6-12(14)22-3/h4-7,11,13H,8-10H2,1-3H3/t13-/m1/s1. The predicted molar refractivity (Wildman–Crippen MR) is 88.8 cm³/mol. The van der Waals surface area contributed by atoms with Gasteiger partial charge in [0.25, 0.3) is 0 Å². The van der Waals surface area contributed by atoms with Crippen LogP contribution >= 0.6 is 0 Å². The van der Waals surface area contributed by atoms with E-state index in [9.17, 15) is 8.42 Å². The molecule has 1 aromatic carbocycles. The normalized spacial score (nSPS) is 19.3. The van der Waals surface area contributed by atoms with E-state index in [1.807, 2.05) is 13.8 Å². The molecule has 0 radical (unpaired) electrons. The van der Waals surface area contributed by atoms with Gasteiger partial charge in [-0.3, -0.25) is 0 Å². The molecule has 0 amide bonds. The number of benzene rings is 1. The number of para-hydroxylation sites is 1. The van der Waals surface area contributed by atoms with Crippen molar-refractivity contribution in [3.8, 4) is 5.75 Å². The van der Waals surface area contributed by atoms with E-state index in [2.05, 4.69) is 10.1 Å². The molecular weight excluding hydrogens is 346 g/mol. The molecule has 0 spiro atoms. The second-order valence-corrected chi connectivity index (χ2v) is 7.93. The van der Waals surface area contributed by atoms with Crippen molar-refractivity contribution in [1.82, 2.24) is 14.4 Å². The monoisotopic (exact) mass is 367 g/mol. The molecule has 1 aliphatic heterocycles. The summed E-state index contributed by atoms with van der Waals surface area (Å²) < 4.78 is 43.4. The first kappa shape index (κ1) is 17.8. The Morgan fingerprint density at radius 2 is 2.08 bits per heavy atom. The Hall–Kier alpha value is -1.97. The highest BCUT2D eigenvalue weighted by atomic mass is 32.2. The van der Waals surface area contributed by atoms with Crippen molar-refractivity contribution < 1.29 is 22.4 Å². The maximum Gasteiger partial charge on any atom is 0.246 e. The number of sulfonamides is 1. The first-order valence-corrected chi connectivity index (χ1v) is 9.45. The topological polar surface area (TPSA) is 94.8 Å². The molecule has 0 bridgehead atoms. The van der Waals surface area contributed by atoms with E-state index in [4.69, 9.17) is 14.0 Å². The highest BCUT2D eigenvalue weighted by molar-refractivity contribution is 7.89. The Labute approximate surface area is 146 Å². The van der Waals surface area contributed by atoms with Gasteiger partial charge in [0.1, 0.15) is 16.7 Å². The molecular formula is C16H21N3O5S. The van der Waals surface area contributed by atoms with Crippen molar-refractivity contribution in [1.29, 1.82) is 0 Å². The van der Waals surface area contributed by atoms with Gasteiger partial charge in [-0.1, -0.05) is 31.1 Å². The smallest absolute Gasteiger partial charge is 0.246 e. The molecule has 0 unspecified atom stereocenters. The summed E-state index contributed by atoms with van der Waals surface area (Å²) in [7, 11) is -2.27. The molecule has 1 saturated heterocycles. The quantitative estimate of drug-likeness (QED) is 0.797. The maximum atomic E-state index is 13.0. The average molecular weight is 367 g/mol. The van der Waals surface area contributed by atoms with Gasteiger partial charge in [0, 0.05) is 19.0 Å². The molecule has 136 valence electrons. The molecule has 0 saturated carbocycles. The minimum Gasteiger partial charge on any atom is -0.495 e. The molecule has 3 rings (SSSR count). The van der Waals surface area contributed by atoms with Gasteiger partial charge >= 0.3 is 0 Å². The Balaban J connectivity index is 1.85. The van der Waals surface area contributed by atoms with Crippen LogP contribution in [0.3, 0.4) is 0 Å². The Kier molecular flexibility index (Phi) is 5.07. The van der Waals surface area contributed by atoms with Gasteiger partial charge in [-0.25, -0.2) is 8.42 Å². The summed E-state index contributed by atoms with van der Waals surface area (Å²) in [4.78, 5) is 4.44. The lowest BCUT2D eigenvalue weighted by Crippen LogP contribution is -2.42. The summed E-state index contributed by atoms with van der Waals surface area (Å²) in [6.07, 6.45) is -0.561. The molecule has 1 aliphatic rings. The van der Waals surface area contributed by atoms with Gasteiger partial charge in [0.15, 0.2) is 0 Å². The van der Waals surface area contributed by atoms with Crippen LogP contribution in [0.1, 0.15) is 37.6 Å². The number of hydrogen-bond acceptors (Lipinski definition) is 7. The number of ether oxygens (including phenoxy) is 2. The molecule has 25 heavy (non-hydrogen) atoms. The SMILES string of the molecule is COc1ccccc1S(=O)(=O)N1CCO[C@@H](c2noc(C(C)C)n2)C1. The van der Waals surface area contributed by atoms with Crippen LogP contribution in [0.5, 0.6) is 5.75 Å². The summed E-state index contributed by atoms with van der Waals surface area (Å²) in [6.45, 7) is 4.52. The molecule has 1 atom stereocenters. The fourth-order valence-corrected chi connectivity index (χ4v) is 4.16.